The van der Waals surface area contributed by atoms with Crippen LogP contribution in [0, 0.1) is 0 Å². The molecule has 2 aromatic carbocycles. The highest BCUT2D eigenvalue weighted by atomic mass is 79.9. The molecule has 0 aliphatic heterocycles. The maximum absolute atomic E-state index is 11.9. The van der Waals surface area contributed by atoms with Gasteiger partial charge in [-0.25, -0.2) is 10.4 Å². The van der Waals surface area contributed by atoms with Crippen LogP contribution in [-0.4, -0.2) is 22.3 Å². The van der Waals surface area contributed by atoms with E-state index in [0.717, 1.165) is 21.3 Å². The SMILES string of the molecule is CC(C)Oc1ccc(/C=N\Nc2nc(-c3ccccc3)cc(=O)[nH]2)cc1Br. The van der Waals surface area contributed by atoms with Gasteiger partial charge >= 0.3 is 0 Å². The van der Waals surface area contributed by atoms with Crippen LogP contribution in [0.5, 0.6) is 5.75 Å². The van der Waals surface area contributed by atoms with Crippen molar-refractivity contribution in [2.24, 2.45) is 5.10 Å². The molecule has 6 nitrogen and oxygen atoms in total. The third-order valence-electron chi connectivity index (χ3n) is 3.51. The van der Waals surface area contributed by atoms with Crippen LogP contribution in [0.1, 0.15) is 19.4 Å². The van der Waals surface area contributed by atoms with Gasteiger partial charge in [0.1, 0.15) is 5.75 Å². The van der Waals surface area contributed by atoms with Crippen molar-refractivity contribution in [3.63, 3.8) is 0 Å². The monoisotopic (exact) mass is 426 g/mol. The zero-order valence-corrected chi connectivity index (χ0v) is 16.5. The highest BCUT2D eigenvalue weighted by molar-refractivity contribution is 9.10. The first kappa shape index (κ1) is 18.8. The smallest absolute Gasteiger partial charge is 0.252 e. The third-order valence-corrected chi connectivity index (χ3v) is 4.13. The van der Waals surface area contributed by atoms with Gasteiger partial charge in [0.05, 0.1) is 22.5 Å². The lowest BCUT2D eigenvalue weighted by atomic mass is 10.1. The molecule has 0 amide bonds. The molecule has 138 valence electrons. The Bertz CT molecular complexity index is 1000. The minimum Gasteiger partial charge on any atom is -0.490 e. The largest absolute Gasteiger partial charge is 0.490 e. The number of aromatic nitrogens is 2. The summed E-state index contributed by atoms with van der Waals surface area (Å²) in [7, 11) is 0. The Morgan fingerprint density at radius 2 is 1.96 bits per heavy atom. The van der Waals surface area contributed by atoms with Gasteiger partial charge in [-0.15, -0.1) is 0 Å². The molecule has 3 rings (SSSR count). The molecule has 0 aliphatic carbocycles. The van der Waals surface area contributed by atoms with Crippen LogP contribution in [0.2, 0.25) is 0 Å². The fraction of sp³-hybridized carbons (Fsp3) is 0.150. The Labute approximate surface area is 165 Å². The summed E-state index contributed by atoms with van der Waals surface area (Å²) >= 11 is 3.49. The number of aromatic amines is 1. The Kier molecular flexibility index (Phi) is 6.03. The van der Waals surface area contributed by atoms with Gasteiger partial charge in [0.25, 0.3) is 5.56 Å². The van der Waals surface area contributed by atoms with Gasteiger partial charge in [-0.3, -0.25) is 9.78 Å². The number of H-pyrrole nitrogens is 1. The fourth-order valence-corrected chi connectivity index (χ4v) is 2.87. The number of hydrogen-bond donors (Lipinski definition) is 2. The van der Waals surface area contributed by atoms with Crippen LogP contribution < -0.4 is 15.7 Å². The molecule has 27 heavy (non-hydrogen) atoms. The lowest BCUT2D eigenvalue weighted by molar-refractivity contribution is 0.241. The molecule has 2 N–H and O–H groups in total. The molecule has 0 spiro atoms. The van der Waals surface area contributed by atoms with Gasteiger partial charge in [0.15, 0.2) is 0 Å². The average Bonchev–Trinajstić information content (AvgIpc) is 2.64. The number of anilines is 1. The normalized spacial score (nSPS) is 11.1. The van der Waals surface area contributed by atoms with E-state index in [1.165, 1.54) is 6.07 Å². The van der Waals surface area contributed by atoms with Crippen LogP contribution in [0.3, 0.4) is 0 Å². The minimum atomic E-state index is -0.250. The number of nitrogens with one attached hydrogen (secondary N) is 2. The Hall–Kier alpha value is -2.93. The van der Waals surface area contributed by atoms with Crippen molar-refractivity contribution < 1.29 is 4.74 Å². The summed E-state index contributed by atoms with van der Waals surface area (Å²) in [5.74, 6) is 1.05. The molecule has 0 saturated carbocycles. The molecule has 0 bridgehead atoms. The molecular weight excluding hydrogens is 408 g/mol. The first-order valence-electron chi connectivity index (χ1n) is 8.43. The van der Waals surface area contributed by atoms with Crippen molar-refractivity contribution in [1.82, 2.24) is 9.97 Å². The van der Waals surface area contributed by atoms with Gasteiger partial charge in [0, 0.05) is 11.6 Å². The predicted octanol–water partition coefficient (Wildman–Crippen LogP) is 4.43. The number of hydrazone groups is 1. The topological polar surface area (TPSA) is 79.4 Å². The summed E-state index contributed by atoms with van der Waals surface area (Å²) in [6.07, 6.45) is 1.74. The Balaban J connectivity index is 1.74. The molecule has 0 radical (unpaired) electrons. The maximum Gasteiger partial charge on any atom is 0.252 e. The Morgan fingerprint density at radius 3 is 2.67 bits per heavy atom. The van der Waals surface area contributed by atoms with Crippen LogP contribution in [0.25, 0.3) is 11.3 Å². The van der Waals surface area contributed by atoms with Crippen molar-refractivity contribution in [3.05, 3.63) is 75.0 Å². The zero-order valence-electron chi connectivity index (χ0n) is 14.9. The van der Waals surface area contributed by atoms with Crippen molar-refractivity contribution >= 4 is 28.1 Å². The van der Waals surface area contributed by atoms with Crippen LogP contribution in [0.15, 0.2) is 69.0 Å². The average molecular weight is 427 g/mol. The lowest BCUT2D eigenvalue weighted by Crippen LogP contribution is -2.10. The second-order valence-corrected chi connectivity index (χ2v) is 6.93. The molecule has 3 aromatic rings. The van der Waals surface area contributed by atoms with E-state index in [2.05, 4.69) is 36.4 Å². The summed E-state index contributed by atoms with van der Waals surface area (Å²) in [6, 6.07) is 16.6. The fourth-order valence-electron chi connectivity index (χ4n) is 2.38. The van der Waals surface area contributed by atoms with E-state index in [1.54, 1.807) is 6.21 Å². The summed E-state index contributed by atoms with van der Waals surface area (Å²) in [6.45, 7) is 3.95. The van der Waals surface area contributed by atoms with E-state index in [0.29, 0.717) is 5.69 Å². The van der Waals surface area contributed by atoms with Crippen molar-refractivity contribution in [1.29, 1.82) is 0 Å². The van der Waals surface area contributed by atoms with E-state index in [9.17, 15) is 4.79 Å². The second-order valence-electron chi connectivity index (χ2n) is 6.07. The van der Waals surface area contributed by atoms with E-state index in [4.69, 9.17) is 4.74 Å². The molecule has 0 saturated heterocycles. The van der Waals surface area contributed by atoms with Gasteiger partial charge < -0.3 is 4.74 Å². The summed E-state index contributed by atoms with van der Waals surface area (Å²) in [5.41, 5.74) is 4.82. The van der Waals surface area contributed by atoms with Gasteiger partial charge in [-0.1, -0.05) is 30.3 Å². The summed E-state index contributed by atoms with van der Waals surface area (Å²) in [5, 5.41) is 4.15. The molecule has 1 aromatic heterocycles. The highest BCUT2D eigenvalue weighted by Gasteiger charge is 2.05. The van der Waals surface area contributed by atoms with Crippen LogP contribution in [0.4, 0.5) is 5.95 Å². The van der Waals surface area contributed by atoms with E-state index >= 15 is 0 Å². The van der Waals surface area contributed by atoms with Crippen molar-refractivity contribution in [2.45, 2.75) is 20.0 Å². The van der Waals surface area contributed by atoms with E-state index in [1.807, 2.05) is 62.4 Å². The zero-order chi connectivity index (χ0) is 19.2. The van der Waals surface area contributed by atoms with Crippen molar-refractivity contribution in [2.75, 3.05) is 5.43 Å². The maximum atomic E-state index is 11.9. The first-order valence-corrected chi connectivity index (χ1v) is 9.22. The summed E-state index contributed by atoms with van der Waals surface area (Å²) in [4.78, 5) is 18.9. The number of rotatable bonds is 6. The standard InChI is InChI=1S/C20H19BrN4O2/c1-13(2)27-18-9-8-14(10-16(18)21)12-22-25-20-23-17(11-19(26)24-20)15-6-4-3-5-7-15/h3-13H,1-2H3,(H2,23,24,25,26)/b22-12-. The van der Waals surface area contributed by atoms with Crippen LogP contribution in [-0.2, 0) is 0 Å². The molecule has 0 aliphatic rings. The van der Waals surface area contributed by atoms with Gasteiger partial charge in [-0.2, -0.15) is 5.10 Å². The number of nitrogens with zero attached hydrogens (tertiary/aromatic N) is 2. The van der Waals surface area contributed by atoms with Gasteiger partial charge in [-0.05, 0) is 53.5 Å². The van der Waals surface area contributed by atoms with E-state index < -0.39 is 0 Å². The highest BCUT2D eigenvalue weighted by Crippen LogP contribution is 2.26. The molecule has 7 heteroatoms. The molecule has 0 unspecified atom stereocenters. The second kappa shape index (κ2) is 8.64. The van der Waals surface area contributed by atoms with E-state index in [-0.39, 0.29) is 17.6 Å². The first-order chi connectivity index (χ1) is 13.0. The molecule has 0 atom stereocenters. The van der Waals surface area contributed by atoms with Gasteiger partial charge in [0.2, 0.25) is 5.95 Å². The number of halogens is 1. The quantitative estimate of drug-likeness (QED) is 0.451. The molecule has 0 fully saturated rings. The van der Waals surface area contributed by atoms with Crippen LogP contribution >= 0.6 is 15.9 Å². The number of benzene rings is 2. The summed E-state index contributed by atoms with van der Waals surface area (Å²) < 4.78 is 6.53. The third kappa shape index (κ3) is 5.27. The Morgan fingerprint density at radius 1 is 1.19 bits per heavy atom. The van der Waals surface area contributed by atoms with Crippen molar-refractivity contribution in [3.8, 4) is 17.0 Å². The number of hydrogen-bond acceptors (Lipinski definition) is 5. The number of ether oxygens (including phenoxy) is 1. The minimum absolute atomic E-state index is 0.0993. The molecular formula is C20H19BrN4O2. The molecule has 1 heterocycles. The lowest BCUT2D eigenvalue weighted by Gasteiger charge is -2.11. The predicted molar refractivity (Wildman–Crippen MR) is 111 cm³/mol.